The topological polar surface area (TPSA) is 58.9 Å². The van der Waals surface area contributed by atoms with Crippen molar-refractivity contribution in [3.8, 4) is 0 Å². The number of hydrogen-bond acceptors (Lipinski definition) is 5. The minimum absolute atomic E-state index is 0.0651. The Morgan fingerprint density at radius 3 is 2.45 bits per heavy atom. The lowest BCUT2D eigenvalue weighted by molar-refractivity contribution is 0.533. The van der Waals surface area contributed by atoms with Gasteiger partial charge in [-0.3, -0.25) is 4.68 Å². The SMILES string of the molecule is Cn1ncc2c(N3CC4CNCC4C3)nc(C(C)(C)C)nc21. The van der Waals surface area contributed by atoms with Gasteiger partial charge in [-0.15, -0.1) is 0 Å². The van der Waals surface area contributed by atoms with Gasteiger partial charge in [0.2, 0.25) is 0 Å². The van der Waals surface area contributed by atoms with Crippen LogP contribution in [0.2, 0.25) is 0 Å². The molecule has 2 unspecified atom stereocenters. The molecule has 4 rings (SSSR count). The summed E-state index contributed by atoms with van der Waals surface area (Å²) in [6.45, 7) is 10.9. The molecule has 2 aliphatic rings. The Kier molecular flexibility index (Phi) is 2.95. The van der Waals surface area contributed by atoms with Crippen molar-refractivity contribution < 1.29 is 0 Å². The Morgan fingerprint density at radius 2 is 1.82 bits per heavy atom. The molecular weight excluding hydrogens is 276 g/mol. The molecule has 0 spiro atoms. The van der Waals surface area contributed by atoms with E-state index in [1.807, 2.05) is 17.9 Å². The Balaban J connectivity index is 1.82. The van der Waals surface area contributed by atoms with Gasteiger partial charge in [-0.05, 0) is 11.8 Å². The molecule has 0 amide bonds. The molecule has 0 saturated carbocycles. The Bertz CT molecular complexity index is 701. The maximum atomic E-state index is 4.94. The summed E-state index contributed by atoms with van der Waals surface area (Å²) in [4.78, 5) is 12.1. The first kappa shape index (κ1) is 13.9. The molecule has 2 fully saturated rings. The number of aromatic nitrogens is 4. The number of nitrogens with zero attached hydrogens (tertiary/aromatic N) is 5. The lowest BCUT2D eigenvalue weighted by Gasteiger charge is -2.23. The number of nitrogens with one attached hydrogen (secondary N) is 1. The van der Waals surface area contributed by atoms with Crippen LogP contribution in [0.1, 0.15) is 26.6 Å². The van der Waals surface area contributed by atoms with Crippen molar-refractivity contribution >= 4 is 16.9 Å². The standard InChI is InChI=1S/C16H24N6/c1-16(2,3)15-19-13-12(7-18-21(13)4)14(20-15)22-8-10-5-17-6-11(10)9-22/h7,10-11,17H,5-6,8-9H2,1-4H3. The molecule has 0 aromatic carbocycles. The summed E-state index contributed by atoms with van der Waals surface area (Å²) in [7, 11) is 1.95. The minimum atomic E-state index is -0.0651. The number of aryl methyl sites for hydroxylation is 1. The molecule has 2 atom stereocenters. The van der Waals surface area contributed by atoms with Crippen LogP contribution in [0.5, 0.6) is 0 Å². The predicted molar refractivity (Wildman–Crippen MR) is 87.1 cm³/mol. The highest BCUT2D eigenvalue weighted by molar-refractivity contribution is 5.87. The maximum Gasteiger partial charge on any atom is 0.163 e. The van der Waals surface area contributed by atoms with Gasteiger partial charge in [-0.2, -0.15) is 5.10 Å². The van der Waals surface area contributed by atoms with Gasteiger partial charge in [0, 0.05) is 38.6 Å². The van der Waals surface area contributed by atoms with E-state index >= 15 is 0 Å². The monoisotopic (exact) mass is 300 g/mol. The lowest BCUT2D eigenvalue weighted by atomic mass is 9.95. The van der Waals surface area contributed by atoms with Gasteiger partial charge in [0.05, 0.1) is 11.6 Å². The minimum Gasteiger partial charge on any atom is -0.355 e. The van der Waals surface area contributed by atoms with Crippen molar-refractivity contribution in [3.05, 3.63) is 12.0 Å². The molecule has 2 aromatic heterocycles. The van der Waals surface area contributed by atoms with E-state index in [1.54, 1.807) is 0 Å². The first-order chi connectivity index (χ1) is 10.4. The fraction of sp³-hybridized carbons (Fsp3) is 0.688. The van der Waals surface area contributed by atoms with E-state index in [0.29, 0.717) is 0 Å². The Morgan fingerprint density at radius 1 is 1.14 bits per heavy atom. The zero-order valence-electron chi connectivity index (χ0n) is 13.8. The zero-order valence-corrected chi connectivity index (χ0v) is 13.8. The van der Waals surface area contributed by atoms with Crippen LogP contribution in [-0.4, -0.2) is 45.9 Å². The van der Waals surface area contributed by atoms with E-state index in [1.165, 1.54) is 0 Å². The molecule has 2 saturated heterocycles. The number of rotatable bonds is 1. The zero-order chi connectivity index (χ0) is 15.5. The van der Waals surface area contributed by atoms with Gasteiger partial charge >= 0.3 is 0 Å². The first-order valence-corrected chi connectivity index (χ1v) is 8.09. The van der Waals surface area contributed by atoms with Crippen molar-refractivity contribution in [2.45, 2.75) is 26.2 Å². The molecule has 6 nitrogen and oxygen atoms in total. The van der Waals surface area contributed by atoms with E-state index in [0.717, 1.165) is 60.7 Å². The van der Waals surface area contributed by atoms with Gasteiger partial charge in [0.25, 0.3) is 0 Å². The van der Waals surface area contributed by atoms with Crippen LogP contribution in [0.15, 0.2) is 6.20 Å². The molecule has 6 heteroatoms. The molecule has 4 heterocycles. The fourth-order valence-electron chi connectivity index (χ4n) is 3.61. The number of fused-ring (bicyclic) bond motifs is 2. The third kappa shape index (κ3) is 2.08. The summed E-state index contributed by atoms with van der Waals surface area (Å²) in [5.41, 5.74) is 0.870. The molecule has 118 valence electrons. The second kappa shape index (κ2) is 4.65. The van der Waals surface area contributed by atoms with Crippen LogP contribution < -0.4 is 10.2 Å². The maximum absolute atomic E-state index is 4.94. The molecule has 2 aromatic rings. The summed E-state index contributed by atoms with van der Waals surface area (Å²) in [5, 5.41) is 8.97. The van der Waals surface area contributed by atoms with Crippen LogP contribution >= 0.6 is 0 Å². The fourth-order valence-corrected chi connectivity index (χ4v) is 3.61. The molecule has 0 bridgehead atoms. The summed E-state index contributed by atoms with van der Waals surface area (Å²) in [6.07, 6.45) is 1.91. The highest BCUT2D eigenvalue weighted by Crippen LogP contribution is 2.34. The van der Waals surface area contributed by atoms with Gasteiger partial charge in [0.1, 0.15) is 11.6 Å². The predicted octanol–water partition coefficient (Wildman–Crippen LogP) is 1.32. The van der Waals surface area contributed by atoms with E-state index < -0.39 is 0 Å². The average molecular weight is 300 g/mol. The molecule has 0 radical (unpaired) electrons. The third-order valence-corrected chi connectivity index (χ3v) is 4.93. The van der Waals surface area contributed by atoms with Crippen LogP contribution in [0.3, 0.4) is 0 Å². The third-order valence-electron chi connectivity index (χ3n) is 4.93. The second-order valence-corrected chi connectivity index (χ2v) is 7.71. The summed E-state index contributed by atoms with van der Waals surface area (Å²) >= 11 is 0. The Labute approximate surface area is 130 Å². The van der Waals surface area contributed by atoms with Crippen LogP contribution in [0.25, 0.3) is 11.0 Å². The van der Waals surface area contributed by atoms with Gasteiger partial charge in [0.15, 0.2) is 5.65 Å². The molecule has 2 aliphatic heterocycles. The van der Waals surface area contributed by atoms with E-state index in [2.05, 4.69) is 36.1 Å². The Hall–Kier alpha value is -1.69. The van der Waals surface area contributed by atoms with E-state index in [9.17, 15) is 0 Å². The van der Waals surface area contributed by atoms with Crippen molar-refractivity contribution in [1.82, 2.24) is 25.1 Å². The second-order valence-electron chi connectivity index (χ2n) is 7.71. The largest absolute Gasteiger partial charge is 0.355 e. The van der Waals surface area contributed by atoms with Crippen molar-refractivity contribution in [2.24, 2.45) is 18.9 Å². The smallest absolute Gasteiger partial charge is 0.163 e. The molecule has 0 aliphatic carbocycles. The van der Waals surface area contributed by atoms with Crippen LogP contribution in [-0.2, 0) is 12.5 Å². The number of hydrogen-bond donors (Lipinski definition) is 1. The number of anilines is 1. The van der Waals surface area contributed by atoms with Gasteiger partial charge in [-0.1, -0.05) is 20.8 Å². The van der Waals surface area contributed by atoms with Crippen molar-refractivity contribution in [2.75, 3.05) is 31.1 Å². The van der Waals surface area contributed by atoms with Crippen LogP contribution in [0, 0.1) is 11.8 Å². The molecular formula is C16H24N6. The first-order valence-electron chi connectivity index (χ1n) is 8.09. The van der Waals surface area contributed by atoms with Gasteiger partial charge < -0.3 is 10.2 Å². The molecule has 22 heavy (non-hydrogen) atoms. The van der Waals surface area contributed by atoms with E-state index in [-0.39, 0.29) is 5.41 Å². The summed E-state index contributed by atoms with van der Waals surface area (Å²) < 4.78 is 1.86. The molecule has 1 N–H and O–H groups in total. The quantitative estimate of drug-likeness (QED) is 0.860. The van der Waals surface area contributed by atoms with E-state index in [4.69, 9.17) is 9.97 Å². The highest BCUT2D eigenvalue weighted by Gasteiger charge is 2.37. The van der Waals surface area contributed by atoms with Crippen molar-refractivity contribution in [3.63, 3.8) is 0 Å². The summed E-state index contributed by atoms with van der Waals surface area (Å²) in [5.74, 6) is 3.46. The average Bonchev–Trinajstić information content (AvgIpc) is 3.11. The highest BCUT2D eigenvalue weighted by atomic mass is 15.3. The van der Waals surface area contributed by atoms with Gasteiger partial charge in [-0.25, -0.2) is 9.97 Å². The van der Waals surface area contributed by atoms with Crippen molar-refractivity contribution in [1.29, 1.82) is 0 Å². The lowest BCUT2D eigenvalue weighted by Crippen LogP contribution is -2.28. The normalized spacial score (nSPS) is 25.2. The van der Waals surface area contributed by atoms with Crippen LogP contribution in [0.4, 0.5) is 5.82 Å². The summed E-state index contributed by atoms with van der Waals surface area (Å²) in [6, 6.07) is 0.